The maximum Gasteiger partial charge on any atom is 0.254 e. The number of hydrogen-bond donors (Lipinski definition) is 9. The number of nitrogens with two attached hydrogens (primary N) is 3. The van der Waals surface area contributed by atoms with Crippen LogP contribution in [0.4, 0.5) is 17.1 Å². The highest BCUT2D eigenvalue weighted by molar-refractivity contribution is 6.05. The number of nitrogens with one attached hydrogen (secondary N) is 6. The van der Waals surface area contributed by atoms with Crippen LogP contribution in [0.25, 0.3) is 0 Å². The highest BCUT2D eigenvalue weighted by atomic mass is 16.2. The molecule has 13 heteroatoms. The highest BCUT2D eigenvalue weighted by Crippen LogP contribution is 2.25. The SMILES string of the molecule is CC[C@H](C)[C@@H]1NC(=O)c2cc(NC(=N)N)ccc2NCc2ccc(C(N)=O)cc2NC(=O)C(CCCCN)NC1=O. The Labute approximate surface area is 238 Å². The molecule has 0 radical (unpaired) electrons. The van der Waals surface area contributed by atoms with E-state index in [1.54, 1.807) is 24.3 Å². The van der Waals surface area contributed by atoms with Crippen molar-refractivity contribution >= 4 is 46.7 Å². The Hall–Kier alpha value is -4.65. The van der Waals surface area contributed by atoms with Gasteiger partial charge in [0.2, 0.25) is 17.7 Å². The van der Waals surface area contributed by atoms with Gasteiger partial charge >= 0.3 is 0 Å². The van der Waals surface area contributed by atoms with E-state index in [0.717, 1.165) is 0 Å². The van der Waals surface area contributed by atoms with Gasteiger partial charge in [0, 0.05) is 29.2 Å². The van der Waals surface area contributed by atoms with Crippen LogP contribution in [0.3, 0.4) is 0 Å². The van der Waals surface area contributed by atoms with Crippen LogP contribution in [-0.2, 0) is 16.1 Å². The second-order valence-electron chi connectivity index (χ2n) is 10.1. The molecular weight excluding hydrogens is 526 g/mol. The molecule has 12 N–H and O–H groups in total. The van der Waals surface area contributed by atoms with Crippen LogP contribution < -0.4 is 43.8 Å². The van der Waals surface area contributed by atoms with Gasteiger partial charge < -0.3 is 43.8 Å². The first kappa shape index (κ1) is 30.9. The third-order valence-corrected chi connectivity index (χ3v) is 7.03. The van der Waals surface area contributed by atoms with Crippen LogP contribution in [0.2, 0.25) is 0 Å². The van der Waals surface area contributed by atoms with Gasteiger partial charge in [-0.2, -0.15) is 0 Å². The Morgan fingerprint density at radius 2 is 1.80 bits per heavy atom. The highest BCUT2D eigenvalue weighted by Gasteiger charge is 2.31. The Balaban J connectivity index is 2.12. The lowest BCUT2D eigenvalue weighted by atomic mass is 9.96. The summed E-state index contributed by atoms with van der Waals surface area (Å²) in [4.78, 5) is 52.6. The van der Waals surface area contributed by atoms with E-state index in [2.05, 4.69) is 26.6 Å². The number of rotatable bonds is 8. The van der Waals surface area contributed by atoms with E-state index in [0.29, 0.717) is 54.9 Å². The van der Waals surface area contributed by atoms with Crippen molar-refractivity contribution in [3.63, 3.8) is 0 Å². The molecule has 1 heterocycles. The number of amides is 4. The summed E-state index contributed by atoms with van der Waals surface area (Å²) in [6.45, 7) is 4.35. The van der Waals surface area contributed by atoms with E-state index in [1.807, 2.05) is 13.8 Å². The molecule has 2 aromatic carbocycles. The van der Waals surface area contributed by atoms with Crippen molar-refractivity contribution in [3.8, 4) is 0 Å². The topological polar surface area (TPSA) is 230 Å². The Morgan fingerprint density at radius 1 is 1.05 bits per heavy atom. The zero-order chi connectivity index (χ0) is 30.1. The number of fused-ring (bicyclic) bond motifs is 2. The number of anilines is 3. The van der Waals surface area contributed by atoms with Gasteiger partial charge in [-0.15, -0.1) is 0 Å². The number of benzene rings is 2. The summed E-state index contributed by atoms with van der Waals surface area (Å²) in [6, 6.07) is 7.65. The number of primary amides is 1. The largest absolute Gasteiger partial charge is 0.380 e. The Kier molecular flexibility index (Phi) is 10.6. The molecule has 1 aliphatic heterocycles. The van der Waals surface area contributed by atoms with Gasteiger partial charge in [-0.25, -0.2) is 0 Å². The van der Waals surface area contributed by atoms with Gasteiger partial charge in [0.15, 0.2) is 5.96 Å². The van der Waals surface area contributed by atoms with E-state index in [4.69, 9.17) is 22.6 Å². The molecule has 4 amide bonds. The summed E-state index contributed by atoms with van der Waals surface area (Å²) < 4.78 is 0. The molecule has 2 aromatic rings. The van der Waals surface area contributed by atoms with Gasteiger partial charge in [0.1, 0.15) is 12.1 Å². The van der Waals surface area contributed by atoms with Gasteiger partial charge in [0.05, 0.1) is 5.56 Å². The fourth-order valence-corrected chi connectivity index (χ4v) is 4.47. The molecule has 0 saturated heterocycles. The maximum atomic E-state index is 13.6. The number of carbonyl (C=O) groups excluding carboxylic acids is 4. The molecular formula is C28H39N9O4. The zero-order valence-electron chi connectivity index (χ0n) is 23.3. The standard InChI is InChI=1S/C28H39N9O4/c1-3-15(2)23-27(41)35-21(6-4-5-11-29)26(40)36-22-12-16(24(30)38)7-8-17(22)14-33-20-10-9-18(34-28(31)32)13-19(20)25(39)37-23/h7-10,12-13,15,21,23,33H,3-6,11,14,29H2,1-2H3,(H2,30,38)(H,35,41)(H,36,40)(H,37,39)(H4,31,32,34)/t15-,21?,23-/m0/s1. The van der Waals surface area contributed by atoms with Gasteiger partial charge in [-0.1, -0.05) is 26.3 Å². The first-order valence-corrected chi connectivity index (χ1v) is 13.6. The third kappa shape index (κ3) is 8.18. The van der Waals surface area contributed by atoms with Crippen molar-refractivity contribution in [3.05, 3.63) is 53.1 Å². The fourth-order valence-electron chi connectivity index (χ4n) is 4.47. The molecule has 0 spiro atoms. The summed E-state index contributed by atoms with van der Waals surface area (Å²) in [5.74, 6) is -2.71. The van der Waals surface area contributed by atoms with Crippen LogP contribution in [0, 0.1) is 11.3 Å². The summed E-state index contributed by atoms with van der Waals surface area (Å²) >= 11 is 0. The number of unbranched alkanes of at least 4 members (excludes halogenated alkanes) is 1. The number of carbonyl (C=O) groups is 4. The van der Waals surface area contributed by atoms with Crippen molar-refractivity contribution in [2.45, 2.75) is 58.2 Å². The molecule has 220 valence electrons. The van der Waals surface area contributed by atoms with E-state index < -0.39 is 35.7 Å². The van der Waals surface area contributed by atoms with Crippen molar-refractivity contribution in [1.82, 2.24) is 10.6 Å². The second kappa shape index (κ2) is 14.1. The van der Waals surface area contributed by atoms with E-state index >= 15 is 0 Å². The van der Waals surface area contributed by atoms with Crippen LogP contribution in [-0.4, -0.2) is 48.2 Å². The van der Waals surface area contributed by atoms with Gasteiger partial charge in [-0.3, -0.25) is 24.6 Å². The molecule has 3 atom stereocenters. The monoisotopic (exact) mass is 565 g/mol. The molecule has 0 bridgehead atoms. The Morgan fingerprint density at radius 3 is 2.46 bits per heavy atom. The molecule has 1 aliphatic rings. The van der Waals surface area contributed by atoms with E-state index in [9.17, 15) is 19.2 Å². The molecule has 0 fully saturated rings. The lowest BCUT2D eigenvalue weighted by Gasteiger charge is -2.28. The molecule has 41 heavy (non-hydrogen) atoms. The van der Waals surface area contributed by atoms with E-state index in [-0.39, 0.29) is 29.5 Å². The van der Waals surface area contributed by atoms with Crippen molar-refractivity contribution in [1.29, 1.82) is 5.41 Å². The minimum Gasteiger partial charge on any atom is -0.380 e. The zero-order valence-corrected chi connectivity index (χ0v) is 23.3. The summed E-state index contributed by atoms with van der Waals surface area (Å²) in [5, 5.41) is 22.0. The van der Waals surface area contributed by atoms with Gasteiger partial charge in [0.25, 0.3) is 5.91 Å². The summed E-state index contributed by atoms with van der Waals surface area (Å²) in [7, 11) is 0. The van der Waals surface area contributed by atoms with Crippen LogP contribution >= 0.6 is 0 Å². The normalized spacial score (nSPS) is 18.3. The lowest BCUT2D eigenvalue weighted by molar-refractivity contribution is -0.128. The summed E-state index contributed by atoms with van der Waals surface area (Å²) in [6.07, 6.45) is 2.15. The average Bonchev–Trinajstić information content (AvgIpc) is 2.93. The minimum absolute atomic E-state index is 0.174. The smallest absolute Gasteiger partial charge is 0.254 e. The Bertz CT molecular complexity index is 1310. The average molecular weight is 566 g/mol. The first-order valence-electron chi connectivity index (χ1n) is 13.6. The first-order chi connectivity index (χ1) is 19.5. The minimum atomic E-state index is -0.939. The second-order valence-corrected chi connectivity index (χ2v) is 10.1. The maximum absolute atomic E-state index is 13.6. The van der Waals surface area contributed by atoms with Crippen LogP contribution in [0.15, 0.2) is 36.4 Å². The lowest BCUT2D eigenvalue weighted by Crippen LogP contribution is -2.55. The summed E-state index contributed by atoms with van der Waals surface area (Å²) in [5.41, 5.74) is 18.8. The van der Waals surface area contributed by atoms with Crippen LogP contribution in [0.1, 0.15) is 65.8 Å². The van der Waals surface area contributed by atoms with Gasteiger partial charge in [-0.05, 0) is 67.6 Å². The molecule has 1 unspecified atom stereocenters. The quantitative estimate of drug-likeness (QED) is 0.129. The predicted molar refractivity (Wildman–Crippen MR) is 158 cm³/mol. The van der Waals surface area contributed by atoms with Crippen molar-refractivity contribution in [2.75, 3.05) is 22.5 Å². The number of hydrogen-bond acceptors (Lipinski definition) is 7. The molecule has 0 saturated carbocycles. The fraction of sp³-hybridized carbons (Fsp3) is 0.393. The molecule has 0 aliphatic carbocycles. The predicted octanol–water partition coefficient (Wildman–Crippen LogP) is 1.41. The molecule has 0 aromatic heterocycles. The third-order valence-electron chi connectivity index (χ3n) is 7.03. The van der Waals surface area contributed by atoms with Crippen molar-refractivity contribution < 1.29 is 19.2 Å². The molecule has 3 rings (SSSR count). The van der Waals surface area contributed by atoms with E-state index in [1.165, 1.54) is 12.1 Å². The van der Waals surface area contributed by atoms with Crippen molar-refractivity contribution in [2.24, 2.45) is 23.1 Å². The molecule has 13 nitrogen and oxygen atoms in total. The van der Waals surface area contributed by atoms with Crippen LogP contribution in [0.5, 0.6) is 0 Å². The number of guanidine groups is 1.